The number of halogens is 5. The van der Waals surface area contributed by atoms with Crippen molar-refractivity contribution in [2.45, 2.75) is 38.6 Å². The summed E-state index contributed by atoms with van der Waals surface area (Å²) >= 11 is 0. The minimum atomic E-state index is -4.37. The number of rotatable bonds is 8. The van der Waals surface area contributed by atoms with Crippen LogP contribution in [0.1, 0.15) is 18.9 Å². The highest BCUT2D eigenvalue weighted by Crippen LogP contribution is 2.16. The van der Waals surface area contributed by atoms with Gasteiger partial charge in [-0.25, -0.2) is 0 Å². The van der Waals surface area contributed by atoms with E-state index in [4.69, 9.17) is 0 Å². The maximum Gasteiger partial charge on any atom is 0.413 e. The number of hydroxylamine groups is 1. The van der Waals surface area contributed by atoms with Gasteiger partial charge in [0.1, 0.15) is 5.75 Å². The van der Waals surface area contributed by atoms with Gasteiger partial charge in [-0.2, -0.15) is 27.4 Å². The smallest absolute Gasteiger partial charge is 0.413 e. The Labute approximate surface area is 119 Å². The summed E-state index contributed by atoms with van der Waals surface area (Å²) in [4.78, 5) is 4.33. The molecule has 8 heteroatoms. The lowest BCUT2D eigenvalue weighted by atomic mass is 10.1. The lowest BCUT2D eigenvalue weighted by Crippen LogP contribution is -2.31. The molecule has 0 heterocycles. The molecule has 1 aromatic rings. The van der Waals surface area contributed by atoms with Crippen molar-refractivity contribution in [1.82, 2.24) is 5.48 Å². The van der Waals surface area contributed by atoms with Crippen molar-refractivity contribution in [1.29, 1.82) is 0 Å². The maximum atomic E-state index is 12.0. The Balaban J connectivity index is 2.28. The number of benzene rings is 1. The molecular formula is C13H16F5NO2. The van der Waals surface area contributed by atoms with Gasteiger partial charge in [0.2, 0.25) is 0 Å². The molecule has 1 aromatic carbocycles. The van der Waals surface area contributed by atoms with Crippen molar-refractivity contribution in [3.8, 4) is 5.75 Å². The highest BCUT2D eigenvalue weighted by molar-refractivity contribution is 5.27. The maximum absolute atomic E-state index is 12.0. The van der Waals surface area contributed by atoms with Gasteiger partial charge in [0.05, 0.1) is 0 Å². The van der Waals surface area contributed by atoms with Gasteiger partial charge < -0.3 is 4.74 Å². The van der Waals surface area contributed by atoms with E-state index in [0.717, 1.165) is 5.56 Å². The van der Waals surface area contributed by atoms with Gasteiger partial charge in [0, 0.05) is 6.04 Å². The fourth-order valence-electron chi connectivity index (χ4n) is 1.55. The molecule has 0 bridgehead atoms. The van der Waals surface area contributed by atoms with Crippen LogP contribution in [0.4, 0.5) is 22.0 Å². The van der Waals surface area contributed by atoms with Crippen molar-refractivity contribution >= 4 is 0 Å². The third-order valence-electron chi connectivity index (χ3n) is 2.53. The lowest BCUT2D eigenvalue weighted by Gasteiger charge is -2.14. The second kappa shape index (κ2) is 8.14. The standard InChI is InChI=1S/C13H16F5NO2/c1-9(19-20-8-13(16,17)18)2-3-10-4-6-11(7-5-10)21-12(14)15/h4-7,9,12,19H,2-3,8H2,1H3. The van der Waals surface area contributed by atoms with E-state index in [2.05, 4.69) is 15.1 Å². The van der Waals surface area contributed by atoms with E-state index < -0.39 is 19.4 Å². The first-order valence-corrected chi connectivity index (χ1v) is 6.24. The highest BCUT2D eigenvalue weighted by atomic mass is 19.4. The molecule has 0 aliphatic rings. The number of ether oxygens (including phenoxy) is 1. The molecule has 120 valence electrons. The second-order valence-corrected chi connectivity index (χ2v) is 4.48. The third-order valence-corrected chi connectivity index (χ3v) is 2.53. The zero-order chi connectivity index (χ0) is 15.9. The van der Waals surface area contributed by atoms with Crippen LogP contribution in [-0.2, 0) is 11.3 Å². The zero-order valence-electron chi connectivity index (χ0n) is 11.3. The average Bonchev–Trinajstić information content (AvgIpc) is 2.36. The molecule has 3 nitrogen and oxygen atoms in total. The van der Waals surface area contributed by atoms with Gasteiger partial charge in [-0.15, -0.1) is 0 Å². The highest BCUT2D eigenvalue weighted by Gasteiger charge is 2.27. The summed E-state index contributed by atoms with van der Waals surface area (Å²) in [5.74, 6) is 0.0634. The molecule has 0 saturated heterocycles. The van der Waals surface area contributed by atoms with Crippen LogP contribution in [0.2, 0.25) is 0 Å². The molecule has 1 unspecified atom stereocenters. The first kappa shape index (κ1) is 17.6. The van der Waals surface area contributed by atoms with E-state index in [-0.39, 0.29) is 11.8 Å². The van der Waals surface area contributed by atoms with E-state index in [1.807, 2.05) is 0 Å². The number of hydrogen-bond acceptors (Lipinski definition) is 3. The topological polar surface area (TPSA) is 30.5 Å². The molecule has 0 aliphatic heterocycles. The number of alkyl halides is 5. The molecule has 21 heavy (non-hydrogen) atoms. The normalized spacial score (nSPS) is 13.5. The van der Waals surface area contributed by atoms with Crippen molar-refractivity contribution < 1.29 is 31.5 Å². The van der Waals surface area contributed by atoms with Crippen LogP contribution in [0, 0.1) is 0 Å². The summed E-state index contributed by atoms with van der Waals surface area (Å²) in [6.45, 7) is -2.53. The molecule has 0 aliphatic carbocycles. The van der Waals surface area contributed by atoms with E-state index in [1.54, 1.807) is 19.1 Å². The molecular weight excluding hydrogens is 297 g/mol. The molecule has 1 atom stereocenters. The predicted octanol–water partition coefficient (Wildman–Crippen LogP) is 3.69. The zero-order valence-corrected chi connectivity index (χ0v) is 11.3. The van der Waals surface area contributed by atoms with Gasteiger partial charge in [-0.3, -0.25) is 4.84 Å². The number of aryl methyl sites for hydroxylation is 1. The van der Waals surface area contributed by atoms with Crippen LogP contribution in [-0.4, -0.2) is 25.4 Å². The van der Waals surface area contributed by atoms with Gasteiger partial charge in [0.25, 0.3) is 0 Å². The Kier molecular flexibility index (Phi) is 6.83. The Morgan fingerprint density at radius 1 is 1.14 bits per heavy atom. The molecule has 1 rings (SSSR count). The molecule has 0 radical (unpaired) electrons. The molecule has 1 N–H and O–H groups in total. The molecule has 0 saturated carbocycles. The predicted molar refractivity (Wildman–Crippen MR) is 66.0 cm³/mol. The quantitative estimate of drug-likeness (QED) is 0.586. The number of nitrogens with one attached hydrogen (secondary N) is 1. The minimum Gasteiger partial charge on any atom is -0.435 e. The van der Waals surface area contributed by atoms with Crippen molar-refractivity contribution in [2.24, 2.45) is 0 Å². The Hall–Kier alpha value is -1.41. The largest absolute Gasteiger partial charge is 0.435 e. The van der Waals surface area contributed by atoms with Crippen LogP contribution in [0.25, 0.3) is 0 Å². The summed E-state index contributed by atoms with van der Waals surface area (Å²) in [6, 6.07) is 5.81. The monoisotopic (exact) mass is 313 g/mol. The van der Waals surface area contributed by atoms with Crippen LogP contribution in [0.15, 0.2) is 24.3 Å². The fraction of sp³-hybridized carbons (Fsp3) is 0.538. The summed E-state index contributed by atoms with van der Waals surface area (Å²) in [7, 11) is 0. The van der Waals surface area contributed by atoms with Gasteiger partial charge in [0.15, 0.2) is 6.61 Å². The first-order valence-electron chi connectivity index (χ1n) is 6.24. The van der Waals surface area contributed by atoms with Crippen molar-refractivity contribution in [3.63, 3.8) is 0 Å². The summed E-state index contributed by atoms with van der Waals surface area (Å²) in [6.07, 6.45) is -3.27. The van der Waals surface area contributed by atoms with Gasteiger partial charge in [-0.1, -0.05) is 12.1 Å². The second-order valence-electron chi connectivity index (χ2n) is 4.48. The first-order chi connectivity index (χ1) is 9.76. The molecule has 0 amide bonds. The van der Waals surface area contributed by atoms with Crippen molar-refractivity contribution in [2.75, 3.05) is 6.61 Å². The van der Waals surface area contributed by atoms with Crippen LogP contribution in [0.5, 0.6) is 5.75 Å². The van der Waals surface area contributed by atoms with E-state index in [0.29, 0.717) is 12.8 Å². The Morgan fingerprint density at radius 3 is 2.29 bits per heavy atom. The van der Waals surface area contributed by atoms with E-state index in [9.17, 15) is 22.0 Å². The lowest BCUT2D eigenvalue weighted by molar-refractivity contribution is -0.192. The minimum absolute atomic E-state index is 0.0634. The summed E-state index contributed by atoms with van der Waals surface area (Å²) in [5.41, 5.74) is 3.17. The molecule has 0 fully saturated rings. The van der Waals surface area contributed by atoms with Gasteiger partial charge >= 0.3 is 12.8 Å². The number of hydrogen-bond donors (Lipinski definition) is 1. The van der Waals surface area contributed by atoms with Crippen LogP contribution in [0.3, 0.4) is 0 Å². The third kappa shape index (κ3) is 8.46. The SMILES string of the molecule is CC(CCc1ccc(OC(F)F)cc1)NOCC(F)(F)F. The van der Waals surface area contributed by atoms with Gasteiger partial charge in [-0.05, 0) is 37.5 Å². The molecule has 0 aromatic heterocycles. The summed E-state index contributed by atoms with van der Waals surface area (Å²) < 4.78 is 63.7. The van der Waals surface area contributed by atoms with Crippen LogP contribution >= 0.6 is 0 Å². The molecule has 0 spiro atoms. The van der Waals surface area contributed by atoms with E-state index in [1.165, 1.54) is 12.1 Å². The van der Waals surface area contributed by atoms with Crippen molar-refractivity contribution in [3.05, 3.63) is 29.8 Å². The Morgan fingerprint density at radius 2 is 1.76 bits per heavy atom. The summed E-state index contributed by atoms with van der Waals surface area (Å²) in [5, 5.41) is 0. The fourth-order valence-corrected chi connectivity index (χ4v) is 1.55. The van der Waals surface area contributed by atoms with Crippen LogP contribution < -0.4 is 10.2 Å². The average molecular weight is 313 g/mol. The van der Waals surface area contributed by atoms with E-state index >= 15 is 0 Å². The Bertz CT molecular complexity index is 408.